The monoisotopic (exact) mass is 606 g/mol. The number of aryl methyl sites for hydroxylation is 2. The van der Waals surface area contributed by atoms with Gasteiger partial charge < -0.3 is 10.1 Å². The molecule has 5 rings (SSSR count). The number of rotatable bonds is 6. The Labute approximate surface area is 249 Å². The van der Waals surface area contributed by atoms with Crippen LogP contribution in [0.2, 0.25) is 0 Å². The number of nitrogens with one attached hydrogen (secondary N) is 1. The molecule has 0 radical (unpaired) electrons. The first-order valence-corrected chi connectivity index (χ1v) is 13.9. The molecule has 0 saturated carbocycles. The van der Waals surface area contributed by atoms with Gasteiger partial charge in [0.1, 0.15) is 12.1 Å². The largest absolute Gasteiger partial charge is 0.573 e. The highest BCUT2D eigenvalue weighted by Crippen LogP contribution is 2.32. The molecular formula is C30H25F3N6O3S. The number of thioether (sulfide) groups is 1. The molecule has 1 saturated heterocycles. The standard InChI is InChI=1S/C30H25F3N6O3S/c1-18-5-4-6-19(2)26(18)39-25(40)16-43-29(39)36-28(41)35-20(3)15-21-7-9-22(10-8-21)27-34-17-38(37-27)23-11-13-24(14-12-23)42-30(31,32)33/h4-15,17H,16H2,1-3H3,(H,35,41)/b20-15+,36-29-. The molecule has 0 spiro atoms. The summed E-state index contributed by atoms with van der Waals surface area (Å²) in [5.41, 5.74) is 5.16. The van der Waals surface area contributed by atoms with Crippen molar-refractivity contribution in [2.75, 3.05) is 10.7 Å². The Morgan fingerprint density at radius 1 is 1.05 bits per heavy atom. The maximum Gasteiger partial charge on any atom is 0.573 e. The zero-order valence-corrected chi connectivity index (χ0v) is 24.0. The average molecular weight is 607 g/mol. The number of carbonyl (C=O) groups excluding carboxylic acids is 2. The van der Waals surface area contributed by atoms with E-state index >= 15 is 0 Å². The molecule has 0 aliphatic carbocycles. The number of aromatic nitrogens is 3. The van der Waals surface area contributed by atoms with Gasteiger partial charge in [-0.3, -0.25) is 9.69 Å². The van der Waals surface area contributed by atoms with Crippen LogP contribution in [0, 0.1) is 13.8 Å². The topological polar surface area (TPSA) is 102 Å². The minimum Gasteiger partial charge on any atom is -0.406 e. The molecule has 0 unspecified atom stereocenters. The molecule has 0 bridgehead atoms. The number of hydrogen-bond acceptors (Lipinski definition) is 6. The SMILES string of the molecule is C/C(=C\c1ccc(-c2ncn(-c3ccc(OC(F)(F)F)cc3)n2)cc1)NC(=O)/N=C1\SCC(=O)N1c1c(C)cccc1C. The Bertz CT molecular complexity index is 1710. The smallest absolute Gasteiger partial charge is 0.406 e. The second-order valence-electron chi connectivity index (χ2n) is 9.59. The van der Waals surface area contributed by atoms with E-state index in [9.17, 15) is 22.8 Å². The van der Waals surface area contributed by atoms with Gasteiger partial charge in [-0.05, 0) is 67.8 Å². The van der Waals surface area contributed by atoms with Crippen LogP contribution in [0.25, 0.3) is 23.2 Å². The summed E-state index contributed by atoms with van der Waals surface area (Å²) < 4.78 is 42.5. The number of benzene rings is 3. The van der Waals surface area contributed by atoms with Gasteiger partial charge >= 0.3 is 12.4 Å². The van der Waals surface area contributed by atoms with Crippen molar-refractivity contribution in [2.45, 2.75) is 27.1 Å². The molecular weight excluding hydrogens is 581 g/mol. The van der Waals surface area contributed by atoms with Crippen LogP contribution < -0.4 is 15.0 Å². The predicted octanol–water partition coefficient (Wildman–Crippen LogP) is 6.66. The van der Waals surface area contributed by atoms with Crippen LogP contribution in [-0.2, 0) is 4.79 Å². The van der Waals surface area contributed by atoms with E-state index in [0.29, 0.717) is 22.4 Å². The normalized spacial score (nSPS) is 14.8. The van der Waals surface area contributed by atoms with Gasteiger partial charge in [0, 0.05) is 11.3 Å². The van der Waals surface area contributed by atoms with Crippen molar-refractivity contribution in [3.05, 3.63) is 95.4 Å². The van der Waals surface area contributed by atoms with Crippen molar-refractivity contribution in [2.24, 2.45) is 4.99 Å². The highest BCUT2D eigenvalue weighted by atomic mass is 32.2. The molecule has 1 aromatic heterocycles. The van der Waals surface area contributed by atoms with E-state index in [1.54, 1.807) is 13.0 Å². The van der Waals surface area contributed by atoms with Gasteiger partial charge in [-0.2, -0.15) is 4.99 Å². The summed E-state index contributed by atoms with van der Waals surface area (Å²) in [6.45, 7) is 5.56. The van der Waals surface area contributed by atoms with Crippen LogP contribution in [0.5, 0.6) is 5.75 Å². The highest BCUT2D eigenvalue weighted by Gasteiger charge is 2.32. The lowest BCUT2D eigenvalue weighted by Gasteiger charge is -2.20. The summed E-state index contributed by atoms with van der Waals surface area (Å²) in [4.78, 5) is 35.3. The van der Waals surface area contributed by atoms with Crippen molar-refractivity contribution in [1.82, 2.24) is 20.1 Å². The number of aliphatic imine (C=N–C) groups is 1. The second kappa shape index (κ2) is 12.1. The first-order valence-electron chi connectivity index (χ1n) is 12.9. The number of para-hydroxylation sites is 1. The van der Waals surface area contributed by atoms with Gasteiger partial charge in [0.2, 0.25) is 5.91 Å². The fourth-order valence-corrected chi connectivity index (χ4v) is 5.29. The van der Waals surface area contributed by atoms with Gasteiger partial charge in [-0.1, -0.05) is 54.2 Å². The van der Waals surface area contributed by atoms with E-state index < -0.39 is 12.4 Å². The van der Waals surface area contributed by atoms with Gasteiger partial charge in [-0.25, -0.2) is 14.5 Å². The van der Waals surface area contributed by atoms with Gasteiger partial charge in [0.05, 0.1) is 17.1 Å². The van der Waals surface area contributed by atoms with E-state index in [0.717, 1.165) is 27.9 Å². The molecule has 1 aliphatic heterocycles. The maximum atomic E-state index is 12.7. The summed E-state index contributed by atoms with van der Waals surface area (Å²) in [5.74, 6) is 0.168. The van der Waals surface area contributed by atoms with Crippen molar-refractivity contribution in [1.29, 1.82) is 0 Å². The third-order valence-electron chi connectivity index (χ3n) is 6.31. The summed E-state index contributed by atoms with van der Waals surface area (Å²) in [5, 5.41) is 7.47. The molecule has 1 fully saturated rings. The van der Waals surface area contributed by atoms with Crippen LogP contribution in [0.15, 0.2) is 83.7 Å². The molecule has 1 aliphatic rings. The Morgan fingerprint density at radius 2 is 1.72 bits per heavy atom. The second-order valence-corrected chi connectivity index (χ2v) is 10.5. The van der Waals surface area contributed by atoms with E-state index in [1.165, 1.54) is 51.9 Å². The summed E-state index contributed by atoms with van der Waals surface area (Å²) in [7, 11) is 0. The fourth-order valence-electron chi connectivity index (χ4n) is 4.44. The Balaban J connectivity index is 1.24. The number of halogens is 3. The van der Waals surface area contributed by atoms with Crippen molar-refractivity contribution in [3.63, 3.8) is 0 Å². The molecule has 43 heavy (non-hydrogen) atoms. The number of carbonyl (C=O) groups is 2. The summed E-state index contributed by atoms with van der Waals surface area (Å²) in [6, 6.07) is 17.7. The minimum absolute atomic E-state index is 0.130. The number of amidine groups is 1. The van der Waals surface area contributed by atoms with Crippen LogP contribution >= 0.6 is 11.8 Å². The molecule has 0 atom stereocenters. The van der Waals surface area contributed by atoms with Gasteiger partial charge in [-0.15, -0.1) is 18.3 Å². The highest BCUT2D eigenvalue weighted by molar-refractivity contribution is 8.15. The predicted molar refractivity (Wildman–Crippen MR) is 159 cm³/mol. The quantitative estimate of drug-likeness (QED) is 0.264. The Morgan fingerprint density at radius 3 is 2.37 bits per heavy atom. The molecule has 3 aromatic carbocycles. The van der Waals surface area contributed by atoms with Gasteiger partial charge in [0.15, 0.2) is 11.0 Å². The Kier molecular flexibility index (Phi) is 8.35. The van der Waals surface area contributed by atoms with E-state index in [4.69, 9.17) is 0 Å². The number of ether oxygens (including phenoxy) is 1. The number of urea groups is 1. The van der Waals surface area contributed by atoms with Gasteiger partial charge in [0.25, 0.3) is 0 Å². The molecule has 4 aromatic rings. The lowest BCUT2D eigenvalue weighted by molar-refractivity contribution is -0.274. The van der Waals surface area contributed by atoms with E-state index in [-0.39, 0.29) is 17.4 Å². The number of amides is 3. The molecule has 9 nitrogen and oxygen atoms in total. The number of hydrogen-bond donors (Lipinski definition) is 1. The van der Waals surface area contributed by atoms with Crippen LogP contribution in [0.1, 0.15) is 23.6 Å². The molecule has 2 heterocycles. The lowest BCUT2D eigenvalue weighted by atomic mass is 10.1. The van der Waals surface area contributed by atoms with Crippen molar-refractivity contribution < 1.29 is 27.5 Å². The number of alkyl halides is 3. The third kappa shape index (κ3) is 7.12. The molecule has 220 valence electrons. The maximum absolute atomic E-state index is 12.7. The van der Waals surface area contributed by atoms with E-state index in [1.807, 2.05) is 56.3 Å². The third-order valence-corrected chi connectivity index (χ3v) is 7.23. The average Bonchev–Trinajstić information content (AvgIpc) is 3.56. The summed E-state index contributed by atoms with van der Waals surface area (Å²) in [6.07, 6.45) is -1.53. The van der Waals surface area contributed by atoms with Crippen molar-refractivity contribution >= 4 is 40.6 Å². The van der Waals surface area contributed by atoms with Crippen LogP contribution in [0.3, 0.4) is 0 Å². The molecule has 3 amide bonds. The van der Waals surface area contributed by atoms with Crippen LogP contribution in [0.4, 0.5) is 23.7 Å². The zero-order valence-electron chi connectivity index (χ0n) is 23.2. The Hall–Kier alpha value is -4.91. The minimum atomic E-state index is -4.76. The zero-order chi connectivity index (χ0) is 30.7. The first kappa shape index (κ1) is 29.6. The first-order chi connectivity index (χ1) is 20.5. The van der Waals surface area contributed by atoms with Crippen molar-refractivity contribution in [3.8, 4) is 22.8 Å². The number of nitrogens with zero attached hydrogens (tertiary/aromatic N) is 5. The van der Waals surface area contributed by atoms with E-state index in [2.05, 4.69) is 25.1 Å². The number of allylic oxidation sites excluding steroid dienone is 1. The molecule has 13 heteroatoms. The van der Waals surface area contributed by atoms with Crippen LogP contribution in [-0.4, -0.2) is 44.0 Å². The summed E-state index contributed by atoms with van der Waals surface area (Å²) >= 11 is 1.22. The number of anilines is 1. The molecule has 1 N–H and O–H groups in total. The lowest BCUT2D eigenvalue weighted by Crippen LogP contribution is -2.32. The fraction of sp³-hybridized carbons (Fsp3) is 0.167.